The molecule has 20 nitrogen and oxygen atoms in total. The monoisotopic (exact) mass is 1090 g/mol. The van der Waals surface area contributed by atoms with E-state index in [0.29, 0.717) is 41.1 Å². The third kappa shape index (κ3) is 12.4. The average molecular weight is 1090 g/mol. The number of aromatic hydroxyl groups is 2. The number of fused-ring (bicyclic) bond motifs is 4. The summed E-state index contributed by atoms with van der Waals surface area (Å²) in [7, 11) is 3.10. The topological polar surface area (TPSA) is 265 Å². The average Bonchev–Trinajstić information content (AvgIpc) is 3.94. The lowest BCUT2D eigenvalue weighted by molar-refractivity contribution is -0.304. The Bertz CT molecular complexity index is 3540. The highest BCUT2D eigenvalue weighted by atomic mass is 19.1. The zero-order valence-electron chi connectivity index (χ0n) is 45.8. The number of anilines is 1. The number of piperidine rings is 1. The predicted molar refractivity (Wildman–Crippen MR) is 295 cm³/mol. The third-order valence-corrected chi connectivity index (χ3v) is 14.2. The first-order chi connectivity index (χ1) is 37.6. The molecule has 2 aliphatic rings. The highest BCUT2D eigenvalue weighted by molar-refractivity contribution is 6.07. The van der Waals surface area contributed by atoms with E-state index >= 15 is 4.39 Å². The Morgan fingerprint density at radius 3 is 2.42 bits per heavy atom. The van der Waals surface area contributed by atoms with Gasteiger partial charge in [0.15, 0.2) is 23.6 Å². The molecule has 0 bridgehead atoms. The number of aliphatic hydroxyl groups is 1. The molecule has 4 aromatic heterocycles. The fraction of sp³-hybridized carbons (Fsp3) is 0.414. The standard InChI is InChI=1S/C31H36N2O11.C27H32FN5O2/c1-14(2)7-8-16-13-17(9-11-19(16)34)27(37)33-21-22(35)18-10-12-20(15(3)24(18)42-28(21)38)41-29-23(36)25(43-30(32)39)26(40-6)31(4,5)44-29;1-18(2)33-26-21-14-20(22(28)15-23(21)29-17-24(26)31(3)27(33)34)19-8-9-25(30-16-19)35-13-7-12-32-10-5-4-6-11-32/h7,9-13,23,25-26,29,34-36H,8H2,1-6H3,(H2,32,39)(H,33,37);8-9,14-18H,4-7,10-13H2,1-3H3. The van der Waals surface area contributed by atoms with Crippen LogP contribution in [0, 0.1) is 12.7 Å². The number of aliphatic hydroxyl groups excluding tert-OH is 1. The van der Waals surface area contributed by atoms with Crippen molar-refractivity contribution in [1.29, 1.82) is 0 Å². The lowest BCUT2D eigenvalue weighted by Crippen LogP contribution is -2.65. The predicted octanol–water partition coefficient (Wildman–Crippen LogP) is 8.55. The van der Waals surface area contributed by atoms with Crippen LogP contribution in [0.25, 0.3) is 44.0 Å². The van der Waals surface area contributed by atoms with Crippen molar-refractivity contribution >= 4 is 50.6 Å². The summed E-state index contributed by atoms with van der Waals surface area (Å²) in [6.45, 7) is 16.6. The maximum absolute atomic E-state index is 15.1. The first-order valence-electron chi connectivity index (χ1n) is 26.2. The van der Waals surface area contributed by atoms with Crippen molar-refractivity contribution in [2.45, 2.75) is 117 Å². The number of allylic oxidation sites excluding steroid dienone is 2. The van der Waals surface area contributed by atoms with Gasteiger partial charge in [0.25, 0.3) is 5.91 Å². The van der Waals surface area contributed by atoms with E-state index in [-0.39, 0.29) is 51.1 Å². The molecule has 2 aliphatic heterocycles. The van der Waals surface area contributed by atoms with Crippen molar-refractivity contribution in [2.24, 2.45) is 12.8 Å². The van der Waals surface area contributed by atoms with Crippen molar-refractivity contribution < 1.29 is 57.4 Å². The van der Waals surface area contributed by atoms with E-state index in [1.807, 2.05) is 39.8 Å². The summed E-state index contributed by atoms with van der Waals surface area (Å²) < 4.78 is 52.1. The van der Waals surface area contributed by atoms with Gasteiger partial charge >= 0.3 is 17.4 Å². The van der Waals surface area contributed by atoms with Crippen LogP contribution < -0.4 is 31.8 Å². The van der Waals surface area contributed by atoms with Crippen LogP contribution in [-0.2, 0) is 27.7 Å². The molecule has 0 spiro atoms. The molecule has 79 heavy (non-hydrogen) atoms. The molecule has 420 valence electrons. The number of methoxy groups -OCH3 is 1. The number of amides is 2. The SMILES string of the molecule is CC(C)n1c(=O)n(C)c2cnc3cc(F)c(-c4ccc(OCCCN5CCCCC5)nc4)cc3c21.COC1C(OC(N)=O)C(O)C(Oc2ccc3c(O)c(NC(=O)c4ccc(O)c(CC=C(C)C)c4)c(=O)oc3c2C)OC1(C)C. The number of carbonyl (C=O) groups excluding carboxylic acids is 2. The van der Waals surface area contributed by atoms with Gasteiger partial charge < -0.3 is 59.4 Å². The van der Waals surface area contributed by atoms with Gasteiger partial charge in [0.1, 0.15) is 29.0 Å². The van der Waals surface area contributed by atoms with E-state index in [2.05, 4.69) is 20.2 Å². The van der Waals surface area contributed by atoms with Gasteiger partial charge in [0.05, 0.1) is 40.3 Å². The van der Waals surface area contributed by atoms with E-state index in [9.17, 15) is 34.5 Å². The molecule has 2 amide bonds. The number of nitrogens with zero attached hydrogens (tertiary/aromatic N) is 5. The van der Waals surface area contributed by atoms with E-state index in [1.54, 1.807) is 61.5 Å². The minimum atomic E-state index is -1.52. The molecule has 2 saturated heterocycles. The summed E-state index contributed by atoms with van der Waals surface area (Å²) in [5, 5.41) is 35.3. The molecule has 2 fully saturated rings. The molecule has 21 heteroatoms. The zero-order chi connectivity index (χ0) is 57.0. The van der Waals surface area contributed by atoms with Gasteiger partial charge in [-0.15, -0.1) is 0 Å². The largest absolute Gasteiger partial charge is 0.508 e. The summed E-state index contributed by atoms with van der Waals surface area (Å²) in [5.74, 6) is -0.931. The minimum Gasteiger partial charge on any atom is -0.508 e. The maximum atomic E-state index is 15.1. The second-order valence-electron chi connectivity index (χ2n) is 20.9. The van der Waals surface area contributed by atoms with Crippen LogP contribution in [0.5, 0.6) is 23.1 Å². The number of hydrogen-bond acceptors (Lipinski definition) is 16. The number of halogens is 1. The highest BCUT2D eigenvalue weighted by Crippen LogP contribution is 2.39. The fourth-order valence-electron chi connectivity index (χ4n) is 10.1. The van der Waals surface area contributed by atoms with Crippen LogP contribution in [0.2, 0.25) is 0 Å². The maximum Gasteiger partial charge on any atom is 0.404 e. The van der Waals surface area contributed by atoms with Crippen LogP contribution >= 0.6 is 0 Å². The Morgan fingerprint density at radius 1 is 1.00 bits per heavy atom. The molecule has 4 unspecified atom stereocenters. The van der Waals surface area contributed by atoms with Gasteiger partial charge in [-0.2, -0.15) is 0 Å². The minimum absolute atomic E-state index is 0.0183. The number of phenolic OH excluding ortho intramolecular Hbond substituents is 1. The number of benzene rings is 3. The number of rotatable bonds is 15. The Kier molecular flexibility index (Phi) is 17.4. The van der Waals surface area contributed by atoms with E-state index in [4.69, 9.17) is 33.8 Å². The van der Waals surface area contributed by atoms with Crippen LogP contribution in [0.4, 0.5) is 14.9 Å². The highest BCUT2D eigenvalue weighted by Gasteiger charge is 2.53. The van der Waals surface area contributed by atoms with Crippen LogP contribution in [0.3, 0.4) is 0 Å². The van der Waals surface area contributed by atoms with Crippen LogP contribution in [-0.4, -0.2) is 115 Å². The zero-order valence-corrected chi connectivity index (χ0v) is 45.8. The molecule has 9 rings (SSSR count). The Morgan fingerprint density at radius 2 is 1.75 bits per heavy atom. The van der Waals surface area contributed by atoms with Gasteiger partial charge in [0.2, 0.25) is 12.2 Å². The van der Waals surface area contributed by atoms with Gasteiger partial charge in [-0.3, -0.25) is 18.9 Å². The summed E-state index contributed by atoms with van der Waals surface area (Å²) in [6.07, 6.45) is 4.34. The van der Waals surface area contributed by atoms with Gasteiger partial charge in [0, 0.05) is 72.7 Å². The lowest BCUT2D eigenvalue weighted by atomic mass is 9.89. The molecule has 6 N–H and O–H groups in total. The number of nitrogens with one attached hydrogen (secondary N) is 1. The number of pyridine rings is 2. The summed E-state index contributed by atoms with van der Waals surface area (Å²) >= 11 is 0. The number of nitrogens with two attached hydrogens (primary N) is 1. The fourth-order valence-corrected chi connectivity index (χ4v) is 10.1. The Hall–Kier alpha value is -7.85. The number of carbonyl (C=O) groups is 2. The summed E-state index contributed by atoms with van der Waals surface area (Å²) in [4.78, 5) is 61.6. The van der Waals surface area contributed by atoms with Gasteiger partial charge in [-0.05, 0) is 135 Å². The molecule has 6 heterocycles. The quantitative estimate of drug-likeness (QED) is 0.0366. The first-order valence-corrected chi connectivity index (χ1v) is 26.2. The molecule has 0 saturated carbocycles. The molecular weight excluding hydrogens is 1020 g/mol. The van der Waals surface area contributed by atoms with E-state index in [0.717, 1.165) is 35.0 Å². The van der Waals surface area contributed by atoms with Crippen molar-refractivity contribution in [1.82, 2.24) is 24.0 Å². The Balaban J connectivity index is 0.000000213. The summed E-state index contributed by atoms with van der Waals surface area (Å²) in [6, 6.07) is 13.9. The number of ether oxygens (including phenoxy) is 5. The lowest BCUT2D eigenvalue weighted by Gasteiger charge is -2.47. The number of aromatic nitrogens is 4. The van der Waals surface area contributed by atoms with Crippen molar-refractivity contribution in [3.8, 4) is 34.3 Å². The van der Waals surface area contributed by atoms with Crippen molar-refractivity contribution in [3.63, 3.8) is 0 Å². The van der Waals surface area contributed by atoms with Gasteiger partial charge in [-0.1, -0.05) is 18.1 Å². The van der Waals surface area contributed by atoms with Gasteiger partial charge in [-0.25, -0.2) is 23.8 Å². The first kappa shape index (κ1) is 57.3. The molecular formula is C58H68FN7O13. The van der Waals surface area contributed by atoms with Crippen molar-refractivity contribution in [2.75, 3.05) is 38.7 Å². The molecule has 0 aliphatic carbocycles. The van der Waals surface area contributed by atoms with E-state index < -0.39 is 59.3 Å². The Labute approximate surface area is 455 Å². The number of aryl methyl sites for hydroxylation is 2. The third-order valence-electron chi connectivity index (χ3n) is 14.2. The number of likely N-dealkylation sites (tertiary alicyclic amines) is 1. The van der Waals surface area contributed by atoms with E-state index in [1.165, 1.54) is 75.9 Å². The molecule has 4 atom stereocenters. The number of phenols is 1. The number of primary amides is 1. The van der Waals surface area contributed by atoms with Crippen molar-refractivity contribution in [3.05, 3.63) is 122 Å². The second-order valence-corrected chi connectivity index (χ2v) is 20.9. The second kappa shape index (κ2) is 24.0. The van der Waals surface area contributed by atoms with Crippen LogP contribution in [0.15, 0.2) is 92.6 Å². The smallest absolute Gasteiger partial charge is 0.404 e. The molecule has 3 aromatic carbocycles. The molecule has 0 radical (unpaired) electrons. The number of imidazole rings is 1. The van der Waals surface area contributed by atoms with Crippen LogP contribution in [0.1, 0.15) is 94.8 Å². The summed E-state index contributed by atoms with van der Waals surface area (Å²) in [5.41, 5.74) is 7.49. The molecule has 7 aromatic rings. The normalized spacial score (nSPS) is 18.3. The number of hydrogen-bond donors (Lipinski definition) is 5.